The first kappa shape index (κ1) is 21.3. The smallest absolute Gasteiger partial charge is 0.338 e. The molecule has 0 aliphatic carbocycles. The molecule has 0 bridgehead atoms. The Labute approximate surface area is 164 Å². The highest BCUT2D eigenvalue weighted by molar-refractivity contribution is 7.89. The van der Waals surface area contributed by atoms with Crippen molar-refractivity contribution in [3.8, 4) is 0 Å². The van der Waals surface area contributed by atoms with Gasteiger partial charge in [-0.1, -0.05) is 18.2 Å². The van der Waals surface area contributed by atoms with Gasteiger partial charge in [0.05, 0.1) is 10.5 Å². The van der Waals surface area contributed by atoms with E-state index in [-0.39, 0.29) is 17.0 Å². The topological polar surface area (TPSA) is 102 Å². The number of amides is 1. The van der Waals surface area contributed by atoms with E-state index in [1.165, 1.54) is 37.3 Å². The Morgan fingerprint density at radius 2 is 1.86 bits per heavy atom. The molecule has 148 valence electrons. The van der Waals surface area contributed by atoms with Crippen LogP contribution in [0.15, 0.2) is 66.1 Å². The molecule has 2 N–H and O–H groups in total. The van der Waals surface area contributed by atoms with Crippen molar-refractivity contribution in [1.29, 1.82) is 0 Å². The lowest BCUT2D eigenvalue weighted by molar-refractivity contribution is -0.123. The lowest BCUT2D eigenvalue weighted by Crippen LogP contribution is -2.30. The molecule has 0 fully saturated rings. The van der Waals surface area contributed by atoms with Crippen LogP contribution in [0.1, 0.15) is 22.8 Å². The molecule has 1 atom stereocenters. The van der Waals surface area contributed by atoms with Crippen molar-refractivity contribution in [2.24, 2.45) is 0 Å². The Morgan fingerprint density at radius 1 is 1.18 bits per heavy atom. The van der Waals surface area contributed by atoms with Gasteiger partial charge in [-0.15, -0.1) is 6.58 Å². The number of ether oxygens (including phenoxy) is 1. The molecule has 0 aliphatic rings. The van der Waals surface area contributed by atoms with Crippen LogP contribution in [-0.4, -0.2) is 32.9 Å². The highest BCUT2D eigenvalue weighted by atomic mass is 32.2. The molecule has 0 aliphatic heterocycles. The van der Waals surface area contributed by atoms with Gasteiger partial charge in [-0.3, -0.25) is 4.79 Å². The summed E-state index contributed by atoms with van der Waals surface area (Å²) >= 11 is 0. The first-order chi connectivity index (χ1) is 13.2. The molecule has 0 aromatic heterocycles. The van der Waals surface area contributed by atoms with E-state index in [2.05, 4.69) is 16.6 Å². The minimum absolute atomic E-state index is 0.0103. The number of aryl methyl sites for hydroxylation is 1. The van der Waals surface area contributed by atoms with Gasteiger partial charge in [0.1, 0.15) is 0 Å². The predicted octanol–water partition coefficient (Wildman–Crippen LogP) is 2.64. The van der Waals surface area contributed by atoms with E-state index in [0.717, 1.165) is 5.56 Å². The molecule has 0 spiro atoms. The number of benzene rings is 2. The molecule has 8 heteroatoms. The monoisotopic (exact) mass is 402 g/mol. The van der Waals surface area contributed by atoms with Gasteiger partial charge in [0.2, 0.25) is 10.0 Å². The van der Waals surface area contributed by atoms with Gasteiger partial charge < -0.3 is 10.1 Å². The second-order valence-corrected chi connectivity index (χ2v) is 7.84. The molecule has 2 aromatic rings. The predicted molar refractivity (Wildman–Crippen MR) is 107 cm³/mol. The fourth-order valence-corrected chi connectivity index (χ4v) is 3.27. The van der Waals surface area contributed by atoms with Crippen LogP contribution in [-0.2, 0) is 19.6 Å². The molecular weight excluding hydrogens is 380 g/mol. The molecule has 0 heterocycles. The van der Waals surface area contributed by atoms with Crippen molar-refractivity contribution in [2.45, 2.75) is 24.8 Å². The van der Waals surface area contributed by atoms with Crippen LogP contribution in [0, 0.1) is 6.92 Å². The summed E-state index contributed by atoms with van der Waals surface area (Å²) in [7, 11) is -3.68. The van der Waals surface area contributed by atoms with Crippen LogP contribution < -0.4 is 10.0 Å². The number of hydrogen-bond acceptors (Lipinski definition) is 5. The Morgan fingerprint density at radius 3 is 2.46 bits per heavy atom. The Kier molecular flexibility index (Phi) is 7.08. The van der Waals surface area contributed by atoms with Gasteiger partial charge >= 0.3 is 5.97 Å². The zero-order valence-corrected chi connectivity index (χ0v) is 16.5. The van der Waals surface area contributed by atoms with Crippen molar-refractivity contribution in [1.82, 2.24) is 4.72 Å². The van der Waals surface area contributed by atoms with Gasteiger partial charge in [0.15, 0.2) is 6.10 Å². The standard InChI is InChI=1S/C20H22N2O5S/c1-4-12-21-28(25,26)18-10-8-16(9-11-18)20(24)27-15(3)19(23)22-17-7-5-6-14(2)13-17/h4-11,13,15,21H,1,12H2,2-3H3,(H,22,23)/t15-/m0/s1. The number of anilines is 1. The number of carbonyl (C=O) groups is 2. The van der Waals surface area contributed by atoms with Crippen LogP contribution in [0.5, 0.6) is 0 Å². The molecule has 28 heavy (non-hydrogen) atoms. The van der Waals surface area contributed by atoms with Gasteiger partial charge in [-0.2, -0.15) is 0 Å². The fourth-order valence-electron chi connectivity index (χ4n) is 2.27. The van der Waals surface area contributed by atoms with E-state index < -0.39 is 28.0 Å². The van der Waals surface area contributed by atoms with Crippen molar-refractivity contribution in [2.75, 3.05) is 11.9 Å². The Balaban J connectivity index is 1.99. The van der Waals surface area contributed by atoms with Crippen LogP contribution in [0.3, 0.4) is 0 Å². The lowest BCUT2D eigenvalue weighted by Gasteiger charge is -2.14. The molecule has 2 rings (SSSR count). The number of nitrogens with one attached hydrogen (secondary N) is 2. The van der Waals surface area contributed by atoms with E-state index in [9.17, 15) is 18.0 Å². The van der Waals surface area contributed by atoms with E-state index >= 15 is 0 Å². The summed E-state index contributed by atoms with van der Waals surface area (Å²) in [6.07, 6.45) is 0.401. The number of rotatable bonds is 8. The summed E-state index contributed by atoms with van der Waals surface area (Å²) in [6, 6.07) is 12.5. The molecule has 0 radical (unpaired) electrons. The van der Waals surface area contributed by atoms with Gasteiger partial charge in [0, 0.05) is 12.2 Å². The largest absolute Gasteiger partial charge is 0.449 e. The molecule has 2 aromatic carbocycles. The summed E-state index contributed by atoms with van der Waals surface area (Å²) in [5.74, 6) is -1.19. The average molecular weight is 402 g/mol. The summed E-state index contributed by atoms with van der Waals surface area (Å²) < 4.78 is 31.5. The molecule has 1 amide bonds. The minimum atomic E-state index is -3.68. The first-order valence-corrected chi connectivity index (χ1v) is 10.0. The number of hydrogen-bond donors (Lipinski definition) is 2. The maximum absolute atomic E-state index is 12.2. The zero-order valence-electron chi connectivity index (χ0n) is 15.6. The lowest BCUT2D eigenvalue weighted by atomic mass is 10.2. The first-order valence-electron chi connectivity index (χ1n) is 8.52. The summed E-state index contributed by atoms with van der Waals surface area (Å²) in [5, 5.41) is 2.68. The Hall–Kier alpha value is -2.97. The summed E-state index contributed by atoms with van der Waals surface area (Å²) in [4.78, 5) is 24.4. The molecule has 7 nitrogen and oxygen atoms in total. The number of esters is 1. The normalized spacial score (nSPS) is 12.1. The third-order valence-electron chi connectivity index (χ3n) is 3.76. The van der Waals surface area contributed by atoms with Gasteiger partial charge in [-0.05, 0) is 55.8 Å². The quantitative estimate of drug-likeness (QED) is 0.522. The minimum Gasteiger partial charge on any atom is -0.449 e. The highest BCUT2D eigenvalue weighted by Crippen LogP contribution is 2.14. The van der Waals surface area contributed by atoms with Crippen LogP contribution in [0.4, 0.5) is 5.69 Å². The average Bonchev–Trinajstić information content (AvgIpc) is 2.66. The molecule has 0 saturated carbocycles. The molecule has 0 unspecified atom stereocenters. The number of carbonyl (C=O) groups excluding carboxylic acids is 2. The fraction of sp³-hybridized carbons (Fsp3) is 0.200. The molecular formula is C20H22N2O5S. The summed E-state index contributed by atoms with van der Waals surface area (Å²) in [6.45, 7) is 6.90. The third kappa shape index (κ3) is 5.77. The van der Waals surface area contributed by atoms with Crippen LogP contribution >= 0.6 is 0 Å². The SMILES string of the molecule is C=CCNS(=O)(=O)c1ccc(C(=O)O[C@@H](C)C(=O)Nc2cccc(C)c2)cc1. The second-order valence-electron chi connectivity index (χ2n) is 6.07. The third-order valence-corrected chi connectivity index (χ3v) is 5.20. The van der Waals surface area contributed by atoms with Crippen molar-refractivity contribution < 1.29 is 22.7 Å². The maximum Gasteiger partial charge on any atom is 0.338 e. The van der Waals surface area contributed by atoms with Gasteiger partial charge in [-0.25, -0.2) is 17.9 Å². The second kappa shape index (κ2) is 9.29. The van der Waals surface area contributed by atoms with Crippen molar-refractivity contribution >= 4 is 27.6 Å². The van der Waals surface area contributed by atoms with E-state index in [1.807, 2.05) is 13.0 Å². The van der Waals surface area contributed by atoms with E-state index in [1.54, 1.807) is 18.2 Å². The van der Waals surface area contributed by atoms with Gasteiger partial charge in [0.25, 0.3) is 5.91 Å². The van der Waals surface area contributed by atoms with Crippen LogP contribution in [0.25, 0.3) is 0 Å². The van der Waals surface area contributed by atoms with E-state index in [0.29, 0.717) is 5.69 Å². The van der Waals surface area contributed by atoms with Crippen molar-refractivity contribution in [3.05, 3.63) is 72.3 Å². The zero-order chi connectivity index (χ0) is 20.7. The molecule has 0 saturated heterocycles. The maximum atomic E-state index is 12.2. The Bertz CT molecular complexity index is 968. The van der Waals surface area contributed by atoms with Crippen molar-refractivity contribution in [3.63, 3.8) is 0 Å². The highest BCUT2D eigenvalue weighted by Gasteiger charge is 2.20. The van der Waals surface area contributed by atoms with Crippen LogP contribution in [0.2, 0.25) is 0 Å². The summed E-state index contributed by atoms with van der Waals surface area (Å²) in [5.41, 5.74) is 1.73. The van der Waals surface area contributed by atoms with E-state index in [4.69, 9.17) is 4.74 Å². The number of sulfonamides is 1.